The number of hydrogen-bond acceptors (Lipinski definition) is 3. The van der Waals surface area contributed by atoms with Crippen LogP contribution in [-0.2, 0) is 13.0 Å². The lowest BCUT2D eigenvalue weighted by atomic mass is 10.1. The molecule has 1 N–H and O–H groups in total. The first kappa shape index (κ1) is 15.7. The molecule has 1 heterocycles. The van der Waals surface area contributed by atoms with Crippen LogP contribution in [0.15, 0.2) is 28.7 Å². The van der Waals surface area contributed by atoms with Crippen LogP contribution in [0.5, 0.6) is 0 Å². The van der Waals surface area contributed by atoms with Gasteiger partial charge in [-0.05, 0) is 24.9 Å². The monoisotopic (exact) mass is 352 g/mol. The topological polar surface area (TPSA) is 24.9 Å². The summed E-state index contributed by atoms with van der Waals surface area (Å²) in [7, 11) is 0. The lowest BCUT2D eigenvalue weighted by molar-refractivity contribution is 0.628. The van der Waals surface area contributed by atoms with E-state index in [4.69, 9.17) is 4.98 Å². The van der Waals surface area contributed by atoms with Crippen molar-refractivity contribution in [3.8, 4) is 10.6 Å². The summed E-state index contributed by atoms with van der Waals surface area (Å²) in [5.41, 5.74) is 2.43. The number of nitrogens with zero attached hydrogens (tertiary/aromatic N) is 1. The summed E-state index contributed by atoms with van der Waals surface area (Å²) in [4.78, 5) is 6.25. The highest BCUT2D eigenvalue weighted by Gasteiger charge is 2.14. The van der Waals surface area contributed by atoms with Crippen molar-refractivity contribution in [2.24, 2.45) is 5.92 Å². The van der Waals surface area contributed by atoms with E-state index < -0.39 is 0 Å². The average Bonchev–Trinajstić information content (AvgIpc) is 2.79. The molecule has 0 amide bonds. The van der Waals surface area contributed by atoms with Crippen LogP contribution in [0.2, 0.25) is 0 Å². The number of benzene rings is 1. The Bertz CT molecular complexity index is 563. The molecule has 1 aromatic carbocycles. The van der Waals surface area contributed by atoms with Gasteiger partial charge in [-0.3, -0.25) is 0 Å². The van der Waals surface area contributed by atoms with E-state index in [1.807, 2.05) is 6.07 Å². The molecule has 108 valence electrons. The van der Waals surface area contributed by atoms with E-state index in [-0.39, 0.29) is 0 Å². The van der Waals surface area contributed by atoms with Crippen molar-refractivity contribution in [1.82, 2.24) is 10.3 Å². The van der Waals surface area contributed by atoms with E-state index in [9.17, 15) is 0 Å². The predicted octanol–water partition coefficient (Wildman–Crippen LogP) is 4.88. The zero-order chi connectivity index (χ0) is 14.5. The van der Waals surface area contributed by atoms with Crippen LogP contribution in [-0.4, -0.2) is 11.5 Å². The molecule has 0 aliphatic heterocycles. The molecular formula is C16H21BrN2S. The molecule has 1 aromatic heterocycles. The van der Waals surface area contributed by atoms with Gasteiger partial charge in [0.1, 0.15) is 5.01 Å². The maximum absolute atomic E-state index is 4.88. The minimum atomic E-state index is 0.629. The van der Waals surface area contributed by atoms with Gasteiger partial charge in [0.05, 0.1) is 5.69 Å². The average molecular weight is 353 g/mol. The Morgan fingerprint density at radius 1 is 1.30 bits per heavy atom. The van der Waals surface area contributed by atoms with Crippen molar-refractivity contribution in [1.29, 1.82) is 0 Å². The fourth-order valence-electron chi connectivity index (χ4n) is 2.06. The first-order valence-corrected chi connectivity index (χ1v) is 8.67. The Labute approximate surface area is 133 Å². The SMILES string of the molecule is CCNCc1sc(-c2ccccc2Br)nc1CC(C)C. The molecule has 0 aliphatic carbocycles. The first-order chi connectivity index (χ1) is 9.61. The Kier molecular flexibility index (Phi) is 5.75. The molecule has 2 aromatic rings. The molecule has 0 bridgehead atoms. The molecule has 0 fully saturated rings. The molecule has 20 heavy (non-hydrogen) atoms. The van der Waals surface area contributed by atoms with Crippen LogP contribution in [0.25, 0.3) is 10.6 Å². The summed E-state index contributed by atoms with van der Waals surface area (Å²) in [6, 6.07) is 8.30. The van der Waals surface area contributed by atoms with Crippen LogP contribution in [0.1, 0.15) is 31.3 Å². The van der Waals surface area contributed by atoms with E-state index in [1.54, 1.807) is 11.3 Å². The number of hydrogen-bond donors (Lipinski definition) is 1. The number of halogens is 1. The molecule has 0 saturated heterocycles. The van der Waals surface area contributed by atoms with Crippen molar-refractivity contribution in [3.63, 3.8) is 0 Å². The third-order valence-electron chi connectivity index (χ3n) is 3.02. The molecule has 2 rings (SSSR count). The first-order valence-electron chi connectivity index (χ1n) is 7.06. The highest BCUT2D eigenvalue weighted by molar-refractivity contribution is 9.10. The predicted molar refractivity (Wildman–Crippen MR) is 91.2 cm³/mol. The fourth-order valence-corrected chi connectivity index (χ4v) is 3.76. The second kappa shape index (κ2) is 7.34. The van der Waals surface area contributed by atoms with Crippen molar-refractivity contribution in [2.75, 3.05) is 6.54 Å². The van der Waals surface area contributed by atoms with Gasteiger partial charge >= 0.3 is 0 Å². The van der Waals surface area contributed by atoms with Crippen molar-refractivity contribution >= 4 is 27.3 Å². The van der Waals surface area contributed by atoms with Crippen LogP contribution < -0.4 is 5.32 Å². The van der Waals surface area contributed by atoms with E-state index >= 15 is 0 Å². The van der Waals surface area contributed by atoms with Crippen molar-refractivity contribution < 1.29 is 0 Å². The molecular weight excluding hydrogens is 332 g/mol. The second-order valence-electron chi connectivity index (χ2n) is 5.25. The van der Waals surface area contributed by atoms with Gasteiger partial charge in [-0.1, -0.05) is 54.9 Å². The van der Waals surface area contributed by atoms with E-state index in [0.29, 0.717) is 5.92 Å². The van der Waals surface area contributed by atoms with E-state index in [0.717, 1.165) is 29.0 Å². The largest absolute Gasteiger partial charge is 0.312 e. The van der Waals surface area contributed by atoms with Crippen molar-refractivity contribution in [2.45, 2.75) is 33.7 Å². The molecule has 0 atom stereocenters. The van der Waals surface area contributed by atoms with Gasteiger partial charge in [0, 0.05) is 21.5 Å². The summed E-state index contributed by atoms with van der Waals surface area (Å²) in [5.74, 6) is 0.629. The van der Waals surface area contributed by atoms with Crippen LogP contribution in [0.4, 0.5) is 0 Å². The fraction of sp³-hybridized carbons (Fsp3) is 0.438. The number of thiazole rings is 1. The quantitative estimate of drug-likeness (QED) is 0.801. The zero-order valence-corrected chi connectivity index (χ0v) is 14.6. The lowest BCUT2D eigenvalue weighted by Crippen LogP contribution is -2.12. The van der Waals surface area contributed by atoms with Gasteiger partial charge in [-0.25, -0.2) is 4.98 Å². The molecule has 2 nitrogen and oxygen atoms in total. The normalized spacial score (nSPS) is 11.2. The number of rotatable bonds is 6. The summed E-state index contributed by atoms with van der Waals surface area (Å²) >= 11 is 5.43. The third kappa shape index (κ3) is 3.90. The molecule has 4 heteroatoms. The third-order valence-corrected chi connectivity index (χ3v) is 4.84. The van der Waals surface area contributed by atoms with Gasteiger partial charge < -0.3 is 5.32 Å². The smallest absolute Gasteiger partial charge is 0.125 e. The van der Waals surface area contributed by atoms with Gasteiger partial charge in [0.15, 0.2) is 0 Å². The van der Waals surface area contributed by atoms with Crippen molar-refractivity contribution in [3.05, 3.63) is 39.3 Å². The summed E-state index contributed by atoms with van der Waals surface area (Å²) in [6.45, 7) is 8.53. The second-order valence-corrected chi connectivity index (χ2v) is 7.18. The Balaban J connectivity index is 2.35. The molecule has 0 saturated carbocycles. The van der Waals surface area contributed by atoms with E-state index in [1.165, 1.54) is 16.1 Å². The lowest BCUT2D eigenvalue weighted by Gasteiger charge is -2.04. The summed E-state index contributed by atoms with van der Waals surface area (Å²) < 4.78 is 1.11. The Hall–Kier alpha value is -0.710. The highest BCUT2D eigenvalue weighted by atomic mass is 79.9. The zero-order valence-electron chi connectivity index (χ0n) is 12.2. The number of aromatic nitrogens is 1. The Morgan fingerprint density at radius 3 is 2.70 bits per heavy atom. The van der Waals surface area contributed by atoms with Crippen LogP contribution in [0.3, 0.4) is 0 Å². The molecule has 0 spiro atoms. The molecule has 0 radical (unpaired) electrons. The highest BCUT2D eigenvalue weighted by Crippen LogP contribution is 2.33. The van der Waals surface area contributed by atoms with Gasteiger partial charge in [0.25, 0.3) is 0 Å². The number of nitrogens with one attached hydrogen (secondary N) is 1. The van der Waals surface area contributed by atoms with Crippen LogP contribution >= 0.6 is 27.3 Å². The van der Waals surface area contributed by atoms with E-state index in [2.05, 4.69) is 60.2 Å². The van der Waals surface area contributed by atoms with Gasteiger partial charge in [0.2, 0.25) is 0 Å². The molecule has 0 unspecified atom stereocenters. The Morgan fingerprint density at radius 2 is 2.05 bits per heavy atom. The summed E-state index contributed by atoms with van der Waals surface area (Å²) in [5, 5.41) is 4.53. The maximum Gasteiger partial charge on any atom is 0.125 e. The van der Waals surface area contributed by atoms with Crippen LogP contribution in [0, 0.1) is 5.92 Å². The molecule has 0 aliphatic rings. The summed E-state index contributed by atoms with van der Waals surface area (Å²) in [6.07, 6.45) is 1.04. The van der Waals surface area contributed by atoms with Gasteiger partial charge in [-0.15, -0.1) is 11.3 Å². The standard InChI is InChI=1S/C16H21BrN2S/c1-4-18-10-15-14(9-11(2)3)19-16(20-15)12-7-5-6-8-13(12)17/h5-8,11,18H,4,9-10H2,1-3H3. The minimum Gasteiger partial charge on any atom is -0.312 e. The minimum absolute atomic E-state index is 0.629. The van der Waals surface area contributed by atoms with Gasteiger partial charge in [-0.2, -0.15) is 0 Å². The maximum atomic E-state index is 4.88.